The Balaban J connectivity index is 1.81. The predicted octanol–water partition coefficient (Wildman–Crippen LogP) is 3.55. The third-order valence-corrected chi connectivity index (χ3v) is 4.81. The highest BCUT2D eigenvalue weighted by Crippen LogP contribution is 2.34. The van der Waals surface area contributed by atoms with Crippen LogP contribution in [0.25, 0.3) is 0 Å². The zero-order valence-electron chi connectivity index (χ0n) is 12.3. The molecule has 1 aliphatic rings. The fourth-order valence-electron chi connectivity index (χ4n) is 2.81. The number of aryl methyl sites for hydroxylation is 1. The molecule has 1 saturated carbocycles. The van der Waals surface area contributed by atoms with Crippen molar-refractivity contribution in [1.29, 1.82) is 0 Å². The predicted molar refractivity (Wildman–Crippen MR) is 81.9 cm³/mol. The lowest BCUT2D eigenvalue weighted by Crippen LogP contribution is -2.15. The maximum Gasteiger partial charge on any atom is 0.287 e. The maximum atomic E-state index is 10.7. The number of nitro groups is 1. The molecule has 0 unspecified atom stereocenters. The topological polar surface area (TPSA) is 86.7 Å². The first-order valence-corrected chi connectivity index (χ1v) is 8.16. The van der Waals surface area contributed by atoms with Gasteiger partial charge in [-0.05, 0) is 37.6 Å². The van der Waals surface area contributed by atoms with E-state index < -0.39 is 4.92 Å². The molecule has 0 amide bonds. The van der Waals surface area contributed by atoms with Crippen LogP contribution in [-0.4, -0.2) is 24.7 Å². The molecule has 1 fully saturated rings. The first kappa shape index (κ1) is 15.0. The van der Waals surface area contributed by atoms with Crippen LogP contribution in [-0.2, 0) is 0 Å². The van der Waals surface area contributed by atoms with Gasteiger partial charge in [-0.25, -0.2) is 4.98 Å². The second kappa shape index (κ2) is 6.43. The van der Waals surface area contributed by atoms with Gasteiger partial charge < -0.3 is 4.57 Å². The third kappa shape index (κ3) is 3.11. The number of hydrogen-bond donors (Lipinski definition) is 0. The van der Waals surface area contributed by atoms with Crippen molar-refractivity contribution in [3.63, 3.8) is 0 Å². The molecular formula is C14H17N5O2S. The summed E-state index contributed by atoms with van der Waals surface area (Å²) in [6.07, 6.45) is 7.35. The molecule has 0 saturated heterocycles. The Kier molecular flexibility index (Phi) is 4.37. The Morgan fingerprint density at radius 3 is 2.68 bits per heavy atom. The van der Waals surface area contributed by atoms with Gasteiger partial charge in [0.1, 0.15) is 17.0 Å². The van der Waals surface area contributed by atoms with Crippen LogP contribution in [0.4, 0.5) is 5.69 Å². The highest BCUT2D eigenvalue weighted by atomic mass is 32.2. The molecular weight excluding hydrogens is 302 g/mol. The Labute approximate surface area is 132 Å². The highest BCUT2D eigenvalue weighted by molar-refractivity contribution is 7.99. The zero-order chi connectivity index (χ0) is 15.5. The van der Waals surface area contributed by atoms with Crippen molar-refractivity contribution < 1.29 is 4.92 Å². The van der Waals surface area contributed by atoms with Gasteiger partial charge in [-0.15, -0.1) is 10.2 Å². The van der Waals surface area contributed by atoms with E-state index in [0.717, 1.165) is 23.8 Å². The molecule has 0 atom stereocenters. The summed E-state index contributed by atoms with van der Waals surface area (Å²) in [6.45, 7) is 1.97. The van der Waals surface area contributed by atoms with Crippen molar-refractivity contribution in [1.82, 2.24) is 19.7 Å². The Hall–Kier alpha value is -1.96. The lowest BCUT2D eigenvalue weighted by atomic mass is 9.95. The number of aromatic nitrogens is 4. The summed E-state index contributed by atoms with van der Waals surface area (Å²) in [5.74, 6) is 0.913. The van der Waals surface area contributed by atoms with Crippen molar-refractivity contribution in [2.45, 2.75) is 55.3 Å². The van der Waals surface area contributed by atoms with Gasteiger partial charge in [0.05, 0.1) is 4.92 Å². The molecule has 0 radical (unpaired) electrons. The van der Waals surface area contributed by atoms with E-state index in [-0.39, 0.29) is 5.69 Å². The molecule has 0 N–H and O–H groups in total. The van der Waals surface area contributed by atoms with E-state index in [4.69, 9.17) is 0 Å². The summed E-state index contributed by atoms with van der Waals surface area (Å²) < 4.78 is 2.19. The van der Waals surface area contributed by atoms with Crippen LogP contribution < -0.4 is 0 Å². The van der Waals surface area contributed by atoms with Gasteiger partial charge in [0.2, 0.25) is 0 Å². The summed E-state index contributed by atoms with van der Waals surface area (Å²) in [4.78, 5) is 14.3. The Bertz CT molecular complexity index is 664. The summed E-state index contributed by atoms with van der Waals surface area (Å²) in [6, 6.07) is 3.56. The normalized spacial score (nSPS) is 15.9. The summed E-state index contributed by atoms with van der Waals surface area (Å²) >= 11 is 1.40. The van der Waals surface area contributed by atoms with Crippen LogP contribution >= 0.6 is 11.8 Å². The number of hydrogen-bond acceptors (Lipinski definition) is 6. The second-order valence-electron chi connectivity index (χ2n) is 5.41. The molecule has 0 aromatic carbocycles. The molecule has 22 heavy (non-hydrogen) atoms. The Morgan fingerprint density at radius 2 is 2.05 bits per heavy atom. The number of rotatable bonds is 4. The lowest BCUT2D eigenvalue weighted by molar-refractivity contribution is -0.385. The van der Waals surface area contributed by atoms with E-state index in [9.17, 15) is 10.1 Å². The minimum absolute atomic E-state index is 0.00530. The van der Waals surface area contributed by atoms with Crippen molar-refractivity contribution in [2.75, 3.05) is 0 Å². The first-order chi connectivity index (χ1) is 10.6. The second-order valence-corrected chi connectivity index (χ2v) is 6.39. The molecule has 2 aromatic heterocycles. The number of pyridine rings is 1. The van der Waals surface area contributed by atoms with E-state index in [0.29, 0.717) is 11.1 Å². The molecule has 8 heteroatoms. The SMILES string of the molecule is Cc1nnc(Sc2ccc([N+](=O)[O-])cn2)n1C1CCCCC1. The van der Waals surface area contributed by atoms with E-state index in [2.05, 4.69) is 19.7 Å². The molecule has 2 heterocycles. The van der Waals surface area contributed by atoms with Crippen LogP contribution in [0.3, 0.4) is 0 Å². The van der Waals surface area contributed by atoms with Crippen LogP contribution in [0, 0.1) is 17.0 Å². The molecule has 1 aliphatic carbocycles. The standard InChI is InChI=1S/C14H17N5O2S/c1-10-16-17-14(18(10)11-5-3-2-4-6-11)22-13-8-7-12(9-15-13)19(20)21/h7-9,11H,2-6H2,1H3. The van der Waals surface area contributed by atoms with Crippen molar-refractivity contribution in [3.8, 4) is 0 Å². The fraction of sp³-hybridized carbons (Fsp3) is 0.500. The quantitative estimate of drug-likeness (QED) is 0.632. The van der Waals surface area contributed by atoms with Crippen molar-refractivity contribution in [3.05, 3.63) is 34.3 Å². The highest BCUT2D eigenvalue weighted by Gasteiger charge is 2.22. The molecule has 0 bridgehead atoms. The largest absolute Gasteiger partial charge is 0.303 e. The molecule has 0 spiro atoms. The third-order valence-electron chi connectivity index (χ3n) is 3.90. The van der Waals surface area contributed by atoms with Gasteiger partial charge >= 0.3 is 0 Å². The molecule has 0 aliphatic heterocycles. The molecule has 116 valence electrons. The maximum absolute atomic E-state index is 10.7. The van der Waals surface area contributed by atoms with Gasteiger partial charge in [0.15, 0.2) is 5.16 Å². The van der Waals surface area contributed by atoms with E-state index in [1.807, 2.05) is 6.92 Å². The zero-order valence-corrected chi connectivity index (χ0v) is 13.1. The van der Waals surface area contributed by atoms with Crippen LogP contribution in [0.5, 0.6) is 0 Å². The summed E-state index contributed by atoms with van der Waals surface area (Å²) in [5.41, 5.74) is -0.00530. The molecule has 7 nitrogen and oxygen atoms in total. The van der Waals surface area contributed by atoms with Gasteiger partial charge in [-0.3, -0.25) is 10.1 Å². The van der Waals surface area contributed by atoms with Crippen molar-refractivity contribution in [2.24, 2.45) is 0 Å². The van der Waals surface area contributed by atoms with Gasteiger partial charge in [0.25, 0.3) is 5.69 Å². The fourth-order valence-corrected chi connectivity index (χ4v) is 3.70. The average Bonchev–Trinajstić information content (AvgIpc) is 2.89. The van der Waals surface area contributed by atoms with Crippen molar-refractivity contribution >= 4 is 17.4 Å². The lowest BCUT2D eigenvalue weighted by Gasteiger charge is -2.24. The van der Waals surface area contributed by atoms with Gasteiger partial charge in [-0.1, -0.05) is 19.3 Å². The van der Waals surface area contributed by atoms with Crippen LogP contribution in [0.1, 0.15) is 44.0 Å². The minimum atomic E-state index is -0.448. The van der Waals surface area contributed by atoms with Gasteiger partial charge in [-0.2, -0.15) is 0 Å². The van der Waals surface area contributed by atoms with E-state index in [1.165, 1.54) is 43.3 Å². The monoisotopic (exact) mass is 319 g/mol. The number of nitrogens with zero attached hydrogens (tertiary/aromatic N) is 5. The first-order valence-electron chi connectivity index (χ1n) is 7.35. The molecule has 2 aromatic rings. The van der Waals surface area contributed by atoms with E-state index >= 15 is 0 Å². The summed E-state index contributed by atoms with van der Waals surface area (Å²) in [5, 5.41) is 20.6. The smallest absolute Gasteiger partial charge is 0.287 e. The average molecular weight is 319 g/mol. The summed E-state index contributed by atoms with van der Waals surface area (Å²) in [7, 11) is 0. The molecule has 3 rings (SSSR count). The van der Waals surface area contributed by atoms with E-state index in [1.54, 1.807) is 6.07 Å². The minimum Gasteiger partial charge on any atom is -0.303 e. The van der Waals surface area contributed by atoms with Gasteiger partial charge in [0, 0.05) is 12.1 Å². The van der Waals surface area contributed by atoms with Crippen LogP contribution in [0.2, 0.25) is 0 Å². The Morgan fingerprint density at radius 1 is 1.27 bits per heavy atom. The van der Waals surface area contributed by atoms with Crippen LogP contribution in [0.15, 0.2) is 28.5 Å².